The third-order valence-corrected chi connectivity index (χ3v) is 6.56. The van der Waals surface area contributed by atoms with Gasteiger partial charge in [0.15, 0.2) is 6.61 Å². The fourth-order valence-electron chi connectivity index (χ4n) is 3.06. The molecule has 0 heterocycles. The van der Waals surface area contributed by atoms with E-state index in [9.17, 15) is 26.4 Å². The molecule has 3 aromatic rings. The maximum atomic E-state index is 13.0. The Morgan fingerprint density at radius 1 is 1.00 bits per heavy atom. The Kier molecular flexibility index (Phi) is 8.19. The van der Waals surface area contributed by atoms with Gasteiger partial charge in [0, 0.05) is 10.7 Å². The summed E-state index contributed by atoms with van der Waals surface area (Å²) in [4.78, 5) is 12.1. The van der Waals surface area contributed by atoms with E-state index in [0.717, 1.165) is 18.4 Å². The normalized spacial score (nSPS) is 11.7. The van der Waals surface area contributed by atoms with Crippen LogP contribution in [0.2, 0.25) is 10.0 Å². The molecular formula is C23H19Cl2F3N2O4S. The molecule has 0 aliphatic heterocycles. The quantitative estimate of drug-likeness (QED) is 0.376. The molecule has 0 radical (unpaired) electrons. The SMILES string of the molecule is CS(=O)(=O)N(Cc1ccccc1Cl)c1ccc(OCC(=O)Nc2ccc(Cl)c(C(F)(F)F)c2)cc1. The molecule has 0 spiro atoms. The van der Waals surface area contributed by atoms with E-state index in [-0.39, 0.29) is 18.0 Å². The van der Waals surface area contributed by atoms with Crippen LogP contribution in [-0.2, 0) is 27.5 Å². The monoisotopic (exact) mass is 546 g/mol. The first kappa shape index (κ1) is 26.7. The molecular weight excluding hydrogens is 528 g/mol. The predicted octanol–water partition coefficient (Wildman–Crippen LogP) is 6.00. The molecule has 1 amide bonds. The van der Waals surface area contributed by atoms with Gasteiger partial charge in [0.25, 0.3) is 5.91 Å². The number of hydrogen-bond acceptors (Lipinski definition) is 4. The number of ether oxygens (including phenoxy) is 1. The number of nitrogens with one attached hydrogen (secondary N) is 1. The third kappa shape index (κ3) is 7.27. The number of rotatable bonds is 8. The Morgan fingerprint density at radius 2 is 1.66 bits per heavy atom. The van der Waals surface area contributed by atoms with E-state index in [1.807, 2.05) is 0 Å². The molecule has 0 fully saturated rings. The van der Waals surface area contributed by atoms with E-state index >= 15 is 0 Å². The van der Waals surface area contributed by atoms with Gasteiger partial charge in [-0.25, -0.2) is 8.42 Å². The fraction of sp³-hybridized carbons (Fsp3) is 0.174. The van der Waals surface area contributed by atoms with Crippen molar-refractivity contribution in [1.82, 2.24) is 0 Å². The summed E-state index contributed by atoms with van der Waals surface area (Å²) >= 11 is 11.7. The van der Waals surface area contributed by atoms with Gasteiger partial charge in [-0.1, -0.05) is 41.4 Å². The molecule has 6 nitrogen and oxygen atoms in total. The number of carbonyl (C=O) groups is 1. The molecule has 35 heavy (non-hydrogen) atoms. The first-order chi connectivity index (χ1) is 16.3. The van der Waals surface area contributed by atoms with Crippen molar-refractivity contribution in [2.45, 2.75) is 12.7 Å². The second-order valence-electron chi connectivity index (χ2n) is 7.38. The van der Waals surface area contributed by atoms with Crippen molar-refractivity contribution in [1.29, 1.82) is 0 Å². The first-order valence-electron chi connectivity index (χ1n) is 9.95. The molecule has 3 rings (SSSR count). The number of alkyl halides is 3. The van der Waals surface area contributed by atoms with Crippen molar-refractivity contribution in [2.75, 3.05) is 22.5 Å². The molecule has 0 atom stereocenters. The maximum absolute atomic E-state index is 13.0. The smallest absolute Gasteiger partial charge is 0.417 e. The van der Waals surface area contributed by atoms with E-state index in [1.165, 1.54) is 34.6 Å². The highest BCUT2D eigenvalue weighted by Gasteiger charge is 2.33. The summed E-state index contributed by atoms with van der Waals surface area (Å²) in [5.41, 5.74) is -0.188. The zero-order valence-electron chi connectivity index (χ0n) is 18.1. The van der Waals surface area contributed by atoms with Crippen LogP contribution in [0.3, 0.4) is 0 Å². The minimum Gasteiger partial charge on any atom is -0.484 e. The van der Waals surface area contributed by atoms with Gasteiger partial charge in [0.05, 0.1) is 29.1 Å². The fourth-order valence-corrected chi connectivity index (χ4v) is 4.35. The predicted molar refractivity (Wildman–Crippen MR) is 129 cm³/mol. The van der Waals surface area contributed by atoms with Crippen LogP contribution in [0, 0.1) is 0 Å². The van der Waals surface area contributed by atoms with Crippen molar-refractivity contribution < 1.29 is 31.1 Å². The number of hydrogen-bond donors (Lipinski definition) is 1. The van der Waals surface area contributed by atoms with E-state index in [1.54, 1.807) is 24.3 Å². The first-order valence-corrected chi connectivity index (χ1v) is 12.6. The Bertz CT molecular complexity index is 1320. The summed E-state index contributed by atoms with van der Waals surface area (Å²) < 4.78 is 70.1. The minimum atomic E-state index is -4.66. The molecule has 0 saturated heterocycles. The number of nitrogens with zero attached hydrogens (tertiary/aromatic N) is 1. The largest absolute Gasteiger partial charge is 0.484 e. The molecule has 3 aromatic carbocycles. The lowest BCUT2D eigenvalue weighted by Gasteiger charge is -2.23. The highest BCUT2D eigenvalue weighted by Crippen LogP contribution is 2.36. The van der Waals surface area contributed by atoms with Crippen LogP contribution in [0.15, 0.2) is 66.7 Å². The minimum absolute atomic E-state index is 0.0160. The standard InChI is InChI=1S/C23H19Cl2F3N2O4S/c1-35(32,33)30(13-15-4-2-3-5-20(15)24)17-7-9-18(10-8-17)34-14-22(31)29-16-6-11-21(25)19(12-16)23(26,27)28/h2-12H,13-14H2,1H3,(H,29,31). The van der Waals surface area contributed by atoms with Crippen molar-refractivity contribution in [3.63, 3.8) is 0 Å². The summed E-state index contributed by atoms with van der Waals surface area (Å²) in [7, 11) is -3.64. The molecule has 0 aliphatic carbocycles. The molecule has 186 valence electrons. The van der Waals surface area contributed by atoms with Gasteiger partial charge in [0.2, 0.25) is 10.0 Å². The highest BCUT2D eigenvalue weighted by molar-refractivity contribution is 7.92. The molecule has 1 N–H and O–H groups in total. The Balaban J connectivity index is 1.65. The van der Waals surface area contributed by atoms with Crippen molar-refractivity contribution in [3.05, 3.63) is 87.9 Å². The van der Waals surface area contributed by atoms with Gasteiger partial charge in [0.1, 0.15) is 5.75 Å². The van der Waals surface area contributed by atoms with E-state index in [0.29, 0.717) is 16.3 Å². The van der Waals surface area contributed by atoms with Crippen LogP contribution in [0.25, 0.3) is 0 Å². The maximum Gasteiger partial charge on any atom is 0.417 e. The molecule has 0 unspecified atom stereocenters. The van der Waals surface area contributed by atoms with E-state index in [4.69, 9.17) is 27.9 Å². The topological polar surface area (TPSA) is 75.7 Å². The number of amides is 1. The summed E-state index contributed by atoms with van der Waals surface area (Å²) in [6.07, 6.45) is -3.60. The Hall–Kier alpha value is -2.95. The summed E-state index contributed by atoms with van der Waals surface area (Å²) in [5.74, 6) is -0.441. The Morgan fingerprint density at radius 3 is 2.26 bits per heavy atom. The van der Waals surface area contributed by atoms with Crippen molar-refractivity contribution in [3.8, 4) is 5.75 Å². The lowest BCUT2D eigenvalue weighted by molar-refractivity contribution is -0.137. The number of anilines is 2. The molecule has 0 aliphatic rings. The van der Waals surface area contributed by atoms with E-state index in [2.05, 4.69) is 5.32 Å². The van der Waals surface area contributed by atoms with Crippen molar-refractivity contribution in [2.24, 2.45) is 0 Å². The van der Waals surface area contributed by atoms with Gasteiger partial charge >= 0.3 is 6.18 Å². The lowest BCUT2D eigenvalue weighted by Crippen LogP contribution is -2.29. The molecule has 0 aromatic heterocycles. The average molecular weight is 547 g/mol. The van der Waals surface area contributed by atoms with Gasteiger partial charge < -0.3 is 10.1 Å². The molecule has 12 heteroatoms. The van der Waals surface area contributed by atoms with E-state index < -0.39 is 39.3 Å². The number of carbonyl (C=O) groups excluding carboxylic acids is 1. The highest BCUT2D eigenvalue weighted by atomic mass is 35.5. The van der Waals surface area contributed by atoms with Crippen molar-refractivity contribution >= 4 is 50.5 Å². The lowest BCUT2D eigenvalue weighted by atomic mass is 10.2. The molecule has 0 bridgehead atoms. The van der Waals surface area contributed by atoms with Crippen LogP contribution < -0.4 is 14.4 Å². The Labute approximate surface area is 210 Å². The van der Waals surface area contributed by atoms with Crippen LogP contribution in [0.4, 0.5) is 24.5 Å². The third-order valence-electron chi connectivity index (χ3n) is 4.72. The number of sulfonamides is 1. The van der Waals surface area contributed by atoms with Crippen LogP contribution in [0.1, 0.15) is 11.1 Å². The zero-order valence-corrected chi connectivity index (χ0v) is 20.5. The van der Waals surface area contributed by atoms with Gasteiger partial charge in [-0.2, -0.15) is 13.2 Å². The second-order valence-corrected chi connectivity index (χ2v) is 10.1. The van der Waals surface area contributed by atoms with Crippen LogP contribution >= 0.6 is 23.2 Å². The van der Waals surface area contributed by atoms with Crippen LogP contribution in [-0.4, -0.2) is 27.2 Å². The summed E-state index contributed by atoms with van der Waals surface area (Å²) in [5, 5.41) is 2.26. The number of benzene rings is 3. The van der Waals surface area contributed by atoms with Gasteiger partial charge in [-0.15, -0.1) is 0 Å². The average Bonchev–Trinajstić information content (AvgIpc) is 2.77. The number of halogens is 5. The zero-order chi connectivity index (χ0) is 25.8. The second kappa shape index (κ2) is 10.8. The summed E-state index contributed by atoms with van der Waals surface area (Å²) in [6, 6.07) is 15.8. The summed E-state index contributed by atoms with van der Waals surface area (Å²) in [6.45, 7) is -0.471. The van der Waals surface area contributed by atoms with Gasteiger partial charge in [-0.05, 0) is 54.1 Å². The van der Waals surface area contributed by atoms with Crippen LogP contribution in [0.5, 0.6) is 5.75 Å². The van der Waals surface area contributed by atoms with Gasteiger partial charge in [-0.3, -0.25) is 9.10 Å². The molecule has 0 saturated carbocycles.